The number of hydrogen-bond acceptors (Lipinski definition) is 7. The number of hydrogen-bond donors (Lipinski definition) is 0. The molecule has 0 spiro atoms. The number of ether oxygens (including phenoxy) is 4. The lowest BCUT2D eigenvalue weighted by molar-refractivity contribution is -0.273. The minimum Gasteiger partial charge on any atom is -0.429 e. The van der Waals surface area contributed by atoms with Gasteiger partial charge in [-0.15, -0.1) is 0 Å². The average Bonchev–Trinajstić information content (AvgIpc) is 2.74. The molecule has 2 aliphatic rings. The van der Waals surface area contributed by atoms with Gasteiger partial charge in [0.2, 0.25) is 0 Å². The summed E-state index contributed by atoms with van der Waals surface area (Å²) >= 11 is 0. The van der Waals surface area contributed by atoms with Crippen molar-refractivity contribution in [2.75, 3.05) is 6.61 Å². The quantitative estimate of drug-likeness (QED) is 0.694. The number of aryl methyl sites for hydroxylation is 1. The van der Waals surface area contributed by atoms with Crippen LogP contribution in [0.15, 0.2) is 58.0 Å². The van der Waals surface area contributed by atoms with E-state index in [-0.39, 0.29) is 17.9 Å². The van der Waals surface area contributed by atoms with Crippen LogP contribution in [0, 0.1) is 0 Å². The molecule has 0 aliphatic carbocycles. The van der Waals surface area contributed by atoms with Crippen LogP contribution in [-0.4, -0.2) is 33.9 Å². The fourth-order valence-electron chi connectivity index (χ4n) is 3.60. The maximum absolute atomic E-state index is 12.6. The molecule has 30 heavy (non-hydrogen) atoms. The van der Waals surface area contributed by atoms with Gasteiger partial charge in [-0.3, -0.25) is 14.2 Å². The zero-order chi connectivity index (χ0) is 21.4. The van der Waals surface area contributed by atoms with Gasteiger partial charge in [-0.25, -0.2) is 4.79 Å². The van der Waals surface area contributed by atoms with Crippen LogP contribution >= 0.6 is 0 Å². The van der Waals surface area contributed by atoms with Gasteiger partial charge in [0.1, 0.15) is 24.1 Å². The number of rotatable bonds is 3. The van der Waals surface area contributed by atoms with E-state index in [0.29, 0.717) is 0 Å². The van der Waals surface area contributed by atoms with Gasteiger partial charge < -0.3 is 23.5 Å². The number of benzene rings is 1. The smallest absolute Gasteiger partial charge is 0.330 e. The van der Waals surface area contributed by atoms with Crippen molar-refractivity contribution in [3.8, 4) is 0 Å². The zero-order valence-corrected chi connectivity index (χ0v) is 16.8. The number of carbonyl (C=O) groups is 1. The first kappa shape index (κ1) is 20.3. The Morgan fingerprint density at radius 2 is 1.87 bits per heavy atom. The highest BCUT2D eigenvalue weighted by atomic mass is 16.7. The Hall–Kier alpha value is -3.01. The number of esters is 1. The van der Waals surface area contributed by atoms with Crippen molar-refractivity contribution in [3.05, 3.63) is 80.3 Å². The van der Waals surface area contributed by atoms with Crippen LogP contribution in [0.1, 0.15) is 30.4 Å². The third kappa shape index (κ3) is 3.74. The van der Waals surface area contributed by atoms with Crippen molar-refractivity contribution >= 4 is 5.97 Å². The maximum atomic E-state index is 12.6. The summed E-state index contributed by atoms with van der Waals surface area (Å²) in [6.45, 7) is 1.46. The number of nitrogens with zero attached hydrogens (tertiary/aromatic N) is 2. The molecule has 9 nitrogen and oxygen atoms in total. The van der Waals surface area contributed by atoms with Gasteiger partial charge >= 0.3 is 11.7 Å². The SMILES string of the molecule is CC(=O)OC1=C[C@@H](c2cn(C)c(=O)n(C)c2=O)O[C@@H]2CO[C@@H](c3ccccc3)O[C@@H]12. The van der Waals surface area contributed by atoms with Crippen LogP contribution in [0.5, 0.6) is 0 Å². The molecule has 1 saturated heterocycles. The first-order valence-electron chi connectivity index (χ1n) is 9.49. The Bertz CT molecular complexity index is 1100. The summed E-state index contributed by atoms with van der Waals surface area (Å²) in [6, 6.07) is 9.39. The molecule has 158 valence electrons. The normalized spacial score (nSPS) is 25.9. The molecule has 4 atom stereocenters. The van der Waals surface area contributed by atoms with E-state index < -0.39 is 41.8 Å². The number of carbonyl (C=O) groups excluding carboxylic acids is 1. The molecule has 0 radical (unpaired) electrons. The molecule has 0 bridgehead atoms. The van der Waals surface area contributed by atoms with Crippen molar-refractivity contribution in [2.24, 2.45) is 14.1 Å². The number of fused-ring (bicyclic) bond motifs is 1. The van der Waals surface area contributed by atoms with E-state index >= 15 is 0 Å². The lowest BCUT2D eigenvalue weighted by atomic mass is 10.0. The van der Waals surface area contributed by atoms with Crippen molar-refractivity contribution < 1.29 is 23.7 Å². The summed E-state index contributed by atoms with van der Waals surface area (Å²) < 4.78 is 25.6. The summed E-state index contributed by atoms with van der Waals surface area (Å²) in [5, 5.41) is 0. The van der Waals surface area contributed by atoms with E-state index in [1.165, 1.54) is 30.8 Å². The number of aromatic nitrogens is 2. The topological polar surface area (TPSA) is 98.0 Å². The average molecular weight is 414 g/mol. The van der Waals surface area contributed by atoms with Crippen LogP contribution in [0.3, 0.4) is 0 Å². The third-order valence-electron chi connectivity index (χ3n) is 5.05. The first-order chi connectivity index (χ1) is 14.3. The second-order valence-corrected chi connectivity index (χ2v) is 7.23. The fraction of sp³-hybridized carbons (Fsp3) is 0.381. The van der Waals surface area contributed by atoms with E-state index in [2.05, 4.69) is 0 Å². The van der Waals surface area contributed by atoms with E-state index in [9.17, 15) is 14.4 Å². The molecular weight excluding hydrogens is 392 g/mol. The Labute approximate surface area is 172 Å². The second-order valence-electron chi connectivity index (χ2n) is 7.23. The first-order valence-corrected chi connectivity index (χ1v) is 9.49. The summed E-state index contributed by atoms with van der Waals surface area (Å²) in [5.74, 6) is -0.260. The van der Waals surface area contributed by atoms with Gasteiger partial charge in [0.25, 0.3) is 5.56 Å². The van der Waals surface area contributed by atoms with Crippen LogP contribution in [0.4, 0.5) is 0 Å². The van der Waals surface area contributed by atoms with Crippen molar-refractivity contribution in [2.45, 2.75) is 31.5 Å². The van der Waals surface area contributed by atoms with Crippen LogP contribution in [0.2, 0.25) is 0 Å². The predicted molar refractivity (Wildman–Crippen MR) is 104 cm³/mol. The molecule has 0 unspecified atom stereocenters. The Morgan fingerprint density at radius 1 is 1.13 bits per heavy atom. The van der Waals surface area contributed by atoms with Crippen LogP contribution in [-0.2, 0) is 37.8 Å². The van der Waals surface area contributed by atoms with E-state index in [1.54, 1.807) is 7.05 Å². The van der Waals surface area contributed by atoms with Crippen molar-refractivity contribution in [1.29, 1.82) is 0 Å². The Kier molecular flexibility index (Phi) is 5.42. The second kappa shape index (κ2) is 8.02. The van der Waals surface area contributed by atoms with Gasteiger partial charge in [0.15, 0.2) is 6.29 Å². The highest BCUT2D eigenvalue weighted by molar-refractivity contribution is 5.67. The van der Waals surface area contributed by atoms with E-state index in [4.69, 9.17) is 18.9 Å². The predicted octanol–water partition coefficient (Wildman–Crippen LogP) is 1.09. The minimum absolute atomic E-state index is 0.172. The monoisotopic (exact) mass is 414 g/mol. The van der Waals surface area contributed by atoms with Gasteiger partial charge in [0, 0.05) is 32.8 Å². The molecule has 1 aromatic carbocycles. The van der Waals surface area contributed by atoms with Gasteiger partial charge in [-0.1, -0.05) is 30.3 Å². The Balaban J connectivity index is 1.70. The summed E-state index contributed by atoms with van der Waals surface area (Å²) in [6.07, 6.45) is 0.215. The lowest BCUT2D eigenvalue weighted by Crippen LogP contribution is -2.48. The molecule has 2 aliphatic heterocycles. The summed E-state index contributed by atoms with van der Waals surface area (Å²) in [7, 11) is 2.94. The standard InChI is InChI=1S/C21H22N2O7/c1-12(24)28-16-9-15(14-10-22(2)21(26)23(3)19(14)25)29-17-11-27-20(30-18(16)17)13-7-5-4-6-8-13/h4-10,15,17-18,20H,11H2,1-3H3/t15-,17+,18-,20+/m0/s1. The lowest BCUT2D eigenvalue weighted by Gasteiger charge is -2.41. The van der Waals surface area contributed by atoms with Gasteiger partial charge in [0.05, 0.1) is 12.2 Å². The molecule has 9 heteroatoms. The summed E-state index contributed by atoms with van der Waals surface area (Å²) in [4.78, 5) is 36.3. The molecule has 3 heterocycles. The fourth-order valence-corrected chi connectivity index (χ4v) is 3.60. The molecule has 0 amide bonds. The molecule has 0 saturated carbocycles. The molecular formula is C21H22N2O7. The molecule has 4 rings (SSSR count). The Morgan fingerprint density at radius 3 is 2.57 bits per heavy atom. The largest absolute Gasteiger partial charge is 0.429 e. The van der Waals surface area contributed by atoms with Gasteiger partial charge in [-0.2, -0.15) is 0 Å². The van der Waals surface area contributed by atoms with Crippen LogP contribution < -0.4 is 11.2 Å². The van der Waals surface area contributed by atoms with Crippen molar-refractivity contribution in [3.63, 3.8) is 0 Å². The highest BCUT2D eigenvalue weighted by Gasteiger charge is 2.42. The maximum Gasteiger partial charge on any atom is 0.330 e. The van der Waals surface area contributed by atoms with E-state index in [1.807, 2.05) is 30.3 Å². The third-order valence-corrected chi connectivity index (χ3v) is 5.05. The van der Waals surface area contributed by atoms with Crippen LogP contribution in [0.25, 0.3) is 0 Å². The summed E-state index contributed by atoms with van der Waals surface area (Å²) in [5.41, 5.74) is 0.136. The molecule has 0 N–H and O–H groups in total. The molecule has 1 fully saturated rings. The van der Waals surface area contributed by atoms with Gasteiger partial charge in [-0.05, 0) is 6.08 Å². The molecule has 1 aromatic heterocycles. The zero-order valence-electron chi connectivity index (χ0n) is 16.8. The van der Waals surface area contributed by atoms with Crippen molar-refractivity contribution in [1.82, 2.24) is 9.13 Å². The minimum atomic E-state index is -0.827. The molecule has 2 aromatic rings. The highest BCUT2D eigenvalue weighted by Crippen LogP contribution is 2.37. The van der Waals surface area contributed by atoms with E-state index in [0.717, 1.165) is 10.1 Å².